The molecule has 1 saturated heterocycles. The molecule has 6 heteroatoms. The van der Waals surface area contributed by atoms with E-state index in [4.69, 9.17) is 9.47 Å². The Morgan fingerprint density at radius 1 is 1.18 bits per heavy atom. The number of nitrogens with zero attached hydrogens (tertiary/aromatic N) is 4. The highest BCUT2D eigenvalue weighted by atomic mass is 16.7. The minimum absolute atomic E-state index is 0.292. The minimum Gasteiger partial charge on any atom is -0.454 e. The molecule has 114 valence electrons. The third-order valence-corrected chi connectivity index (χ3v) is 5.09. The van der Waals surface area contributed by atoms with Crippen molar-refractivity contribution in [2.75, 3.05) is 13.3 Å². The van der Waals surface area contributed by atoms with Gasteiger partial charge in [-0.1, -0.05) is 0 Å². The molecule has 3 heterocycles. The molecule has 5 rings (SSSR count). The Hall–Kier alpha value is -2.08. The number of ether oxygens (including phenoxy) is 2. The largest absolute Gasteiger partial charge is 0.454 e. The van der Waals surface area contributed by atoms with Crippen molar-refractivity contribution in [1.82, 2.24) is 19.7 Å². The topological polar surface area (TPSA) is 52.4 Å². The normalized spacial score (nSPS) is 26.0. The summed E-state index contributed by atoms with van der Waals surface area (Å²) in [5.41, 5.74) is 0.973. The van der Waals surface area contributed by atoms with Crippen LogP contribution in [0.2, 0.25) is 0 Å². The van der Waals surface area contributed by atoms with Crippen molar-refractivity contribution in [3.8, 4) is 17.2 Å². The highest BCUT2D eigenvalue weighted by Gasteiger charge is 2.38. The fourth-order valence-electron chi connectivity index (χ4n) is 4.01. The predicted molar refractivity (Wildman–Crippen MR) is 79.0 cm³/mol. The van der Waals surface area contributed by atoms with Crippen molar-refractivity contribution >= 4 is 0 Å². The van der Waals surface area contributed by atoms with Gasteiger partial charge in [0.1, 0.15) is 12.2 Å². The smallest absolute Gasteiger partial charge is 0.231 e. The molecule has 0 spiro atoms. The Labute approximate surface area is 128 Å². The first-order valence-corrected chi connectivity index (χ1v) is 7.90. The molecule has 0 N–H and O–H groups in total. The average Bonchev–Trinajstić information content (AvgIpc) is 3.31. The number of aromatic nitrogens is 3. The highest BCUT2D eigenvalue weighted by Crippen LogP contribution is 2.38. The summed E-state index contributed by atoms with van der Waals surface area (Å²) in [7, 11) is 0. The lowest BCUT2D eigenvalue weighted by molar-refractivity contribution is 0.174. The molecule has 2 atom stereocenters. The van der Waals surface area contributed by atoms with Gasteiger partial charge in [0.2, 0.25) is 6.79 Å². The zero-order chi connectivity index (χ0) is 14.5. The van der Waals surface area contributed by atoms with Gasteiger partial charge in [-0.2, -0.15) is 5.10 Å². The molecule has 1 saturated carbocycles. The molecule has 6 nitrogen and oxygen atoms in total. The van der Waals surface area contributed by atoms with Crippen molar-refractivity contribution in [2.45, 2.75) is 31.8 Å². The van der Waals surface area contributed by atoms with E-state index in [9.17, 15) is 0 Å². The van der Waals surface area contributed by atoms with Crippen LogP contribution in [0.3, 0.4) is 0 Å². The van der Waals surface area contributed by atoms with Crippen LogP contribution in [0.4, 0.5) is 0 Å². The number of rotatable bonds is 3. The number of benzene rings is 1. The lowest BCUT2D eigenvalue weighted by Gasteiger charge is -2.26. The molecule has 1 aromatic carbocycles. The van der Waals surface area contributed by atoms with Crippen LogP contribution in [0.25, 0.3) is 5.69 Å². The van der Waals surface area contributed by atoms with E-state index >= 15 is 0 Å². The van der Waals surface area contributed by atoms with Crippen molar-refractivity contribution in [1.29, 1.82) is 0 Å². The third kappa shape index (κ3) is 1.90. The minimum atomic E-state index is 0.292. The van der Waals surface area contributed by atoms with Gasteiger partial charge < -0.3 is 9.47 Å². The van der Waals surface area contributed by atoms with E-state index < -0.39 is 0 Å². The Kier molecular flexibility index (Phi) is 2.67. The summed E-state index contributed by atoms with van der Waals surface area (Å²) in [6, 6.07) is 6.64. The Morgan fingerprint density at radius 2 is 2.14 bits per heavy atom. The molecule has 3 aliphatic rings. The maximum absolute atomic E-state index is 5.46. The van der Waals surface area contributed by atoms with Crippen LogP contribution in [0.5, 0.6) is 11.5 Å². The molecule has 0 radical (unpaired) electrons. The Bertz CT molecular complexity index is 714. The third-order valence-electron chi connectivity index (χ3n) is 5.09. The van der Waals surface area contributed by atoms with Crippen LogP contribution in [-0.2, 0) is 6.54 Å². The zero-order valence-electron chi connectivity index (χ0n) is 12.3. The molecule has 1 aliphatic carbocycles. The molecular formula is C16H18N4O2. The van der Waals surface area contributed by atoms with Crippen LogP contribution in [0.1, 0.15) is 25.1 Å². The van der Waals surface area contributed by atoms with Crippen molar-refractivity contribution in [2.24, 2.45) is 5.92 Å². The molecule has 0 amide bonds. The van der Waals surface area contributed by atoms with Gasteiger partial charge in [0.15, 0.2) is 11.5 Å². The summed E-state index contributed by atoms with van der Waals surface area (Å²) in [5, 5.41) is 4.40. The first-order chi connectivity index (χ1) is 10.9. The number of hydrogen-bond acceptors (Lipinski definition) is 5. The molecule has 2 aromatic rings. The van der Waals surface area contributed by atoms with Gasteiger partial charge in [-0.15, -0.1) is 0 Å². The van der Waals surface area contributed by atoms with Gasteiger partial charge in [0.05, 0.1) is 12.2 Å². The first kappa shape index (κ1) is 12.5. The highest BCUT2D eigenvalue weighted by molar-refractivity contribution is 5.49. The SMILES string of the molecule is c1nc(CN2C[C@@H]3CC[C@H]2C3)n(-c2ccc3c(c2)OCO3)n1. The summed E-state index contributed by atoms with van der Waals surface area (Å²) in [4.78, 5) is 7.03. The summed E-state index contributed by atoms with van der Waals surface area (Å²) in [6.07, 6.45) is 5.73. The number of piperidine rings is 1. The van der Waals surface area contributed by atoms with Gasteiger partial charge >= 0.3 is 0 Å². The Balaban J connectivity index is 1.43. The van der Waals surface area contributed by atoms with E-state index in [1.54, 1.807) is 6.33 Å². The number of hydrogen-bond donors (Lipinski definition) is 0. The van der Waals surface area contributed by atoms with Gasteiger partial charge in [0, 0.05) is 18.7 Å². The first-order valence-electron chi connectivity index (χ1n) is 7.90. The number of likely N-dealkylation sites (tertiary alicyclic amines) is 1. The van der Waals surface area contributed by atoms with Gasteiger partial charge in [-0.25, -0.2) is 9.67 Å². The molecule has 0 unspecified atom stereocenters. The number of fused-ring (bicyclic) bond motifs is 3. The van der Waals surface area contributed by atoms with Crippen LogP contribution in [0, 0.1) is 5.92 Å². The molecule has 2 fully saturated rings. The van der Waals surface area contributed by atoms with E-state index in [0.717, 1.165) is 41.5 Å². The summed E-state index contributed by atoms with van der Waals surface area (Å²) in [6.45, 7) is 2.37. The van der Waals surface area contributed by atoms with Gasteiger partial charge in [0.25, 0.3) is 0 Å². The average molecular weight is 298 g/mol. The second-order valence-electron chi connectivity index (χ2n) is 6.39. The van der Waals surface area contributed by atoms with Crippen LogP contribution < -0.4 is 9.47 Å². The van der Waals surface area contributed by atoms with Crippen LogP contribution in [-0.4, -0.2) is 39.0 Å². The van der Waals surface area contributed by atoms with E-state index in [1.165, 1.54) is 25.8 Å². The second-order valence-corrected chi connectivity index (χ2v) is 6.39. The summed E-state index contributed by atoms with van der Waals surface area (Å²) < 4.78 is 12.7. The fraction of sp³-hybridized carbons (Fsp3) is 0.500. The molecule has 2 bridgehead atoms. The zero-order valence-corrected chi connectivity index (χ0v) is 12.3. The van der Waals surface area contributed by atoms with E-state index in [-0.39, 0.29) is 0 Å². The quantitative estimate of drug-likeness (QED) is 0.867. The molecule has 2 aliphatic heterocycles. The molecule has 1 aromatic heterocycles. The lowest BCUT2D eigenvalue weighted by atomic mass is 10.1. The monoisotopic (exact) mass is 298 g/mol. The fourth-order valence-corrected chi connectivity index (χ4v) is 4.01. The van der Waals surface area contributed by atoms with E-state index in [1.807, 2.05) is 22.9 Å². The summed E-state index contributed by atoms with van der Waals surface area (Å²) in [5.74, 6) is 3.46. The van der Waals surface area contributed by atoms with Gasteiger partial charge in [-0.3, -0.25) is 4.90 Å². The van der Waals surface area contributed by atoms with Crippen molar-refractivity contribution in [3.05, 3.63) is 30.4 Å². The maximum Gasteiger partial charge on any atom is 0.231 e. The standard InChI is InChI=1S/C16H18N4O2/c1-2-12-5-11(1)7-19(12)8-16-17-9-18-20(16)13-3-4-14-15(6-13)22-10-21-14/h3-4,6,9,11-12H,1-2,5,7-8,10H2/t11-,12+/m1/s1. The lowest BCUT2D eigenvalue weighted by Crippen LogP contribution is -2.32. The van der Waals surface area contributed by atoms with E-state index in [2.05, 4.69) is 15.0 Å². The molecule has 22 heavy (non-hydrogen) atoms. The molecular weight excluding hydrogens is 280 g/mol. The Morgan fingerprint density at radius 3 is 3.00 bits per heavy atom. The van der Waals surface area contributed by atoms with Crippen LogP contribution in [0.15, 0.2) is 24.5 Å². The van der Waals surface area contributed by atoms with Gasteiger partial charge in [-0.05, 0) is 37.3 Å². The summed E-state index contributed by atoms with van der Waals surface area (Å²) >= 11 is 0. The predicted octanol–water partition coefficient (Wildman–Crippen LogP) is 1.98. The van der Waals surface area contributed by atoms with Crippen molar-refractivity contribution in [3.63, 3.8) is 0 Å². The van der Waals surface area contributed by atoms with Crippen LogP contribution >= 0.6 is 0 Å². The maximum atomic E-state index is 5.46. The van der Waals surface area contributed by atoms with E-state index in [0.29, 0.717) is 6.79 Å². The second kappa shape index (κ2) is 4.71. The van der Waals surface area contributed by atoms with Crippen molar-refractivity contribution < 1.29 is 9.47 Å².